The highest BCUT2D eigenvalue weighted by molar-refractivity contribution is 6.21. The average molecular weight is 613 g/mol. The number of hydrogen-bond donors (Lipinski definition) is 0. The molecule has 228 valence electrons. The summed E-state index contributed by atoms with van der Waals surface area (Å²) >= 11 is 0. The number of nitrogens with zero attached hydrogens (tertiary/aromatic N) is 2. The topological polar surface area (TPSA) is 49.9 Å². The Labute approximate surface area is 273 Å². The Morgan fingerprint density at radius 3 is 2.15 bits per heavy atom. The van der Waals surface area contributed by atoms with Gasteiger partial charge < -0.3 is 9.64 Å². The molecule has 0 spiro atoms. The van der Waals surface area contributed by atoms with Gasteiger partial charge in [0.2, 0.25) is 0 Å². The molecule has 8 rings (SSSR count). The van der Waals surface area contributed by atoms with Crippen molar-refractivity contribution in [3.8, 4) is 22.3 Å². The highest BCUT2D eigenvalue weighted by atomic mass is 16.5. The first-order valence-electron chi connectivity index (χ1n) is 15.7. The minimum absolute atomic E-state index is 0.0962. The van der Waals surface area contributed by atoms with Gasteiger partial charge in [-0.2, -0.15) is 0 Å². The van der Waals surface area contributed by atoms with E-state index in [-0.39, 0.29) is 18.5 Å². The molecule has 2 aliphatic heterocycles. The van der Waals surface area contributed by atoms with Gasteiger partial charge in [-0.25, -0.2) is 0 Å². The smallest absolute Gasteiger partial charge is 0.260 e. The summed E-state index contributed by atoms with van der Waals surface area (Å²) in [6, 6.07) is 34.9. The summed E-state index contributed by atoms with van der Waals surface area (Å²) in [4.78, 5) is 31.5. The maximum absolute atomic E-state index is 14.3. The van der Waals surface area contributed by atoms with Gasteiger partial charge >= 0.3 is 0 Å². The molecule has 2 aliphatic rings. The predicted molar refractivity (Wildman–Crippen MR) is 189 cm³/mol. The van der Waals surface area contributed by atoms with Gasteiger partial charge in [0.25, 0.3) is 11.8 Å². The Hall–Kier alpha value is -5.74. The summed E-state index contributed by atoms with van der Waals surface area (Å²) in [6.45, 7) is 8.49. The van der Waals surface area contributed by atoms with E-state index < -0.39 is 0 Å². The van der Waals surface area contributed by atoms with Crippen molar-refractivity contribution >= 4 is 44.7 Å². The number of fused-ring (bicyclic) bond motifs is 4. The van der Waals surface area contributed by atoms with Crippen molar-refractivity contribution in [2.24, 2.45) is 0 Å². The van der Waals surface area contributed by atoms with E-state index in [0.29, 0.717) is 23.4 Å². The Bertz CT molecular complexity index is 2350. The third-order valence-electron chi connectivity index (χ3n) is 9.43. The van der Waals surface area contributed by atoms with Crippen LogP contribution in [0.15, 0.2) is 115 Å². The van der Waals surface area contributed by atoms with E-state index in [1.165, 1.54) is 5.56 Å². The molecule has 0 bridgehead atoms. The summed E-state index contributed by atoms with van der Waals surface area (Å²) in [5.74, 6) is -0.217. The highest BCUT2D eigenvalue weighted by Gasteiger charge is 2.34. The van der Waals surface area contributed by atoms with Crippen LogP contribution in [0.5, 0.6) is 0 Å². The number of aryl methyl sites for hydroxylation is 2. The molecule has 5 heteroatoms. The fraction of sp³-hybridized carbons (Fsp3) is 0.119. The Kier molecular flexibility index (Phi) is 6.69. The van der Waals surface area contributed by atoms with Crippen LogP contribution in [0, 0.1) is 13.8 Å². The van der Waals surface area contributed by atoms with Crippen LogP contribution in [-0.2, 0) is 11.3 Å². The molecular weight excluding hydrogens is 580 g/mol. The monoisotopic (exact) mass is 612 g/mol. The molecule has 0 aromatic heterocycles. The van der Waals surface area contributed by atoms with Crippen LogP contribution in [-0.4, -0.2) is 30.5 Å². The van der Waals surface area contributed by atoms with Crippen LogP contribution in [0.3, 0.4) is 0 Å². The van der Waals surface area contributed by atoms with Gasteiger partial charge in [0.1, 0.15) is 6.73 Å². The van der Waals surface area contributed by atoms with E-state index >= 15 is 0 Å². The van der Waals surface area contributed by atoms with Crippen molar-refractivity contribution in [3.05, 3.63) is 149 Å². The molecule has 0 atom stereocenters. The van der Waals surface area contributed by atoms with Crippen LogP contribution in [0.25, 0.3) is 49.5 Å². The van der Waals surface area contributed by atoms with Gasteiger partial charge in [0, 0.05) is 29.4 Å². The number of amides is 2. The summed E-state index contributed by atoms with van der Waals surface area (Å²) in [5.41, 5.74) is 13.6. The summed E-state index contributed by atoms with van der Waals surface area (Å²) in [7, 11) is 1.76. The molecular formula is C42H32N2O3. The molecule has 0 fully saturated rings. The van der Waals surface area contributed by atoms with E-state index in [4.69, 9.17) is 4.74 Å². The molecule has 6 aromatic carbocycles. The van der Waals surface area contributed by atoms with Gasteiger partial charge in [0.05, 0.1) is 17.9 Å². The van der Waals surface area contributed by atoms with Gasteiger partial charge in [-0.15, -0.1) is 5.73 Å². The zero-order valence-electron chi connectivity index (χ0n) is 26.6. The zero-order valence-corrected chi connectivity index (χ0v) is 26.6. The predicted octanol–water partition coefficient (Wildman–Crippen LogP) is 9.29. The van der Waals surface area contributed by atoms with Crippen molar-refractivity contribution < 1.29 is 14.3 Å². The highest BCUT2D eigenvalue weighted by Crippen LogP contribution is 2.45. The molecule has 2 heterocycles. The van der Waals surface area contributed by atoms with E-state index in [1.807, 2.05) is 42.5 Å². The minimum atomic E-state index is -0.121. The molecule has 0 radical (unpaired) electrons. The lowest BCUT2D eigenvalue weighted by atomic mass is 9.86. The Balaban J connectivity index is 1.30. The first kappa shape index (κ1) is 28.7. The lowest BCUT2D eigenvalue weighted by Gasteiger charge is -2.21. The number of carbonyl (C=O) groups excluding carboxylic acids is 2. The molecule has 5 nitrogen and oxygen atoms in total. The summed E-state index contributed by atoms with van der Waals surface area (Å²) in [5, 5.41) is 3.90. The Morgan fingerprint density at radius 2 is 1.40 bits per heavy atom. The number of benzene rings is 6. The average Bonchev–Trinajstić information content (AvgIpc) is 3.21. The fourth-order valence-electron chi connectivity index (χ4n) is 7.06. The fourth-order valence-corrected chi connectivity index (χ4v) is 7.06. The number of ether oxygens (including phenoxy) is 1. The molecule has 0 N–H and O–H groups in total. The quantitative estimate of drug-likeness (QED) is 0.187. The van der Waals surface area contributed by atoms with Crippen LogP contribution >= 0.6 is 0 Å². The first-order valence-corrected chi connectivity index (χ1v) is 15.7. The molecule has 47 heavy (non-hydrogen) atoms. The van der Waals surface area contributed by atoms with Gasteiger partial charge in [-0.1, -0.05) is 84.9 Å². The normalized spacial score (nSPS) is 14.4. The Morgan fingerprint density at radius 1 is 0.681 bits per heavy atom. The first-order chi connectivity index (χ1) is 22.8. The molecule has 0 saturated carbocycles. The molecule has 0 unspecified atom stereocenters. The van der Waals surface area contributed by atoms with E-state index in [9.17, 15) is 9.59 Å². The lowest BCUT2D eigenvalue weighted by molar-refractivity contribution is 0.0873. The standard InChI is InChI=1S/C42H32N2O3/c1-5-38-37-21-29-8-6-7-9-33(29)39(40(37)42(46)43(38)4)36-19-26(3)18-30-20-31-23-47-24-44(41(45)35(31)22-34(30)36)32-16-14-28(15-17-32)27-12-10-25(2)11-13-27/h6-22H,1,23-24H2,2-4H3. The summed E-state index contributed by atoms with van der Waals surface area (Å²) in [6.07, 6.45) is 0. The number of rotatable bonds is 3. The minimum Gasteiger partial charge on any atom is -0.356 e. The van der Waals surface area contributed by atoms with Crippen molar-refractivity contribution in [2.75, 3.05) is 18.7 Å². The zero-order chi connectivity index (χ0) is 32.4. The van der Waals surface area contributed by atoms with Gasteiger partial charge in [-0.05, 0) is 93.5 Å². The van der Waals surface area contributed by atoms with E-state index in [1.54, 1.807) is 16.8 Å². The largest absolute Gasteiger partial charge is 0.356 e. The molecule has 0 aliphatic carbocycles. The van der Waals surface area contributed by atoms with E-state index in [0.717, 1.165) is 66.2 Å². The molecule has 6 aromatic rings. The number of carbonyl (C=O) groups is 2. The second-order valence-electron chi connectivity index (χ2n) is 12.5. The van der Waals surface area contributed by atoms with Crippen molar-refractivity contribution in [1.29, 1.82) is 0 Å². The number of anilines is 1. The number of hydrogen-bond acceptors (Lipinski definition) is 3. The van der Waals surface area contributed by atoms with Gasteiger partial charge in [-0.3, -0.25) is 14.5 Å². The molecule has 2 amide bonds. The molecule has 0 saturated heterocycles. The summed E-state index contributed by atoms with van der Waals surface area (Å²) < 4.78 is 6.09. The maximum Gasteiger partial charge on any atom is 0.260 e. The van der Waals surface area contributed by atoms with Crippen LogP contribution in [0.2, 0.25) is 0 Å². The SMILES string of the molecule is C=C=C1c2cc3ccccc3c(-c3cc(C)cc4cc5c(cc34)C(=O)N(c3ccc(-c4ccc(C)cc4)cc3)COC5)c2C(=O)N1C. The lowest BCUT2D eigenvalue weighted by Crippen LogP contribution is -2.31. The van der Waals surface area contributed by atoms with Gasteiger partial charge in [0.15, 0.2) is 0 Å². The van der Waals surface area contributed by atoms with Crippen molar-refractivity contribution in [2.45, 2.75) is 20.5 Å². The van der Waals surface area contributed by atoms with Crippen LogP contribution < -0.4 is 4.90 Å². The van der Waals surface area contributed by atoms with Crippen LogP contribution in [0.1, 0.15) is 43.0 Å². The van der Waals surface area contributed by atoms with E-state index in [2.05, 4.69) is 86.8 Å². The third kappa shape index (κ3) is 4.59. The van der Waals surface area contributed by atoms with Crippen LogP contribution in [0.4, 0.5) is 5.69 Å². The second kappa shape index (κ2) is 11.0. The second-order valence-corrected chi connectivity index (χ2v) is 12.5. The van der Waals surface area contributed by atoms with Crippen molar-refractivity contribution in [1.82, 2.24) is 4.90 Å². The third-order valence-corrected chi connectivity index (χ3v) is 9.43. The van der Waals surface area contributed by atoms with Crippen molar-refractivity contribution in [3.63, 3.8) is 0 Å². The maximum atomic E-state index is 14.3.